The summed E-state index contributed by atoms with van der Waals surface area (Å²) in [5.41, 5.74) is 1.74. The normalized spacial score (nSPS) is 12.2. The van der Waals surface area contributed by atoms with Crippen LogP contribution in [-0.4, -0.2) is 19.2 Å². The van der Waals surface area contributed by atoms with E-state index in [1.165, 1.54) is 0 Å². The zero-order chi connectivity index (χ0) is 17.7. The average Bonchev–Trinajstić information content (AvgIpc) is 2.56. The van der Waals surface area contributed by atoms with E-state index in [1.54, 1.807) is 20.4 Å². The van der Waals surface area contributed by atoms with Crippen LogP contribution in [0.25, 0.3) is 10.9 Å². The Morgan fingerprint density at radius 1 is 1.08 bits per heavy atom. The quantitative estimate of drug-likeness (QED) is 0.343. The second kappa shape index (κ2) is 8.19. The maximum absolute atomic E-state index is 6.12. The lowest BCUT2D eigenvalue weighted by Gasteiger charge is -2.13. The van der Waals surface area contributed by atoms with E-state index in [1.807, 2.05) is 44.2 Å². The molecule has 126 valence electrons. The first-order valence-corrected chi connectivity index (χ1v) is 8.42. The average molecular weight is 437 g/mol. The maximum Gasteiger partial charge on any atom is 0.162 e. The Morgan fingerprint density at radius 2 is 1.75 bits per heavy atom. The molecule has 24 heavy (non-hydrogen) atoms. The Balaban J connectivity index is 2.52. The number of benzene rings is 1. The monoisotopic (exact) mass is 437 g/mol. The maximum atomic E-state index is 6.12. The van der Waals surface area contributed by atoms with Crippen LogP contribution in [0.5, 0.6) is 17.2 Å². The summed E-state index contributed by atoms with van der Waals surface area (Å²) in [6, 6.07) is 5.55. The van der Waals surface area contributed by atoms with Gasteiger partial charge in [0.1, 0.15) is 11.5 Å². The molecule has 2 aromatic rings. The number of ether oxygens (including phenoxy) is 3. The van der Waals surface area contributed by atoms with Gasteiger partial charge in [0.05, 0.1) is 19.7 Å². The predicted molar refractivity (Wildman–Crippen MR) is 106 cm³/mol. The zero-order valence-electron chi connectivity index (χ0n) is 14.2. The van der Waals surface area contributed by atoms with Crippen molar-refractivity contribution in [2.24, 2.45) is 0 Å². The van der Waals surface area contributed by atoms with Gasteiger partial charge in [-0.05, 0) is 54.6 Å². The highest BCUT2D eigenvalue weighted by molar-refractivity contribution is 14.1. The van der Waals surface area contributed by atoms with E-state index in [0.717, 1.165) is 25.8 Å². The predicted octanol–water partition coefficient (Wildman–Crippen LogP) is 5.43. The second-order valence-electron chi connectivity index (χ2n) is 5.21. The molecule has 0 radical (unpaired) electrons. The molecule has 5 heteroatoms. The van der Waals surface area contributed by atoms with Gasteiger partial charge in [0.25, 0.3) is 0 Å². The van der Waals surface area contributed by atoms with E-state index >= 15 is 0 Å². The molecule has 0 aliphatic rings. The summed E-state index contributed by atoms with van der Waals surface area (Å²) in [6.45, 7) is 7.81. The van der Waals surface area contributed by atoms with Crippen molar-refractivity contribution >= 4 is 33.5 Å². The molecule has 0 aliphatic heterocycles. The van der Waals surface area contributed by atoms with Crippen LogP contribution in [0.3, 0.4) is 0 Å². The Labute approximate surface area is 156 Å². The first-order chi connectivity index (χ1) is 11.5. The number of aromatic nitrogens is 1. The van der Waals surface area contributed by atoms with Gasteiger partial charge >= 0.3 is 0 Å². The van der Waals surface area contributed by atoms with Gasteiger partial charge in [0.15, 0.2) is 11.5 Å². The van der Waals surface area contributed by atoms with Crippen molar-refractivity contribution in [3.8, 4) is 17.2 Å². The minimum Gasteiger partial charge on any atom is -0.493 e. The van der Waals surface area contributed by atoms with Crippen LogP contribution >= 0.6 is 22.6 Å². The van der Waals surface area contributed by atoms with E-state index in [4.69, 9.17) is 14.2 Å². The Morgan fingerprint density at radius 3 is 2.33 bits per heavy atom. The van der Waals surface area contributed by atoms with Crippen LogP contribution < -0.4 is 14.2 Å². The summed E-state index contributed by atoms with van der Waals surface area (Å²) in [5, 5.41) is 0.856. The van der Waals surface area contributed by atoms with Crippen LogP contribution in [0.4, 0.5) is 0 Å². The highest BCUT2D eigenvalue weighted by atomic mass is 127. The van der Waals surface area contributed by atoms with Gasteiger partial charge in [0, 0.05) is 21.2 Å². The number of allylic oxidation sites excluding steroid dienone is 4. The Bertz CT molecular complexity index is 821. The fourth-order valence-corrected chi connectivity index (χ4v) is 2.38. The number of halogens is 1. The minimum atomic E-state index is 0.636. The van der Waals surface area contributed by atoms with Gasteiger partial charge in [-0.25, -0.2) is 0 Å². The first-order valence-electron chi connectivity index (χ1n) is 7.34. The van der Waals surface area contributed by atoms with Crippen molar-refractivity contribution in [2.45, 2.75) is 13.8 Å². The van der Waals surface area contributed by atoms with Crippen LogP contribution in [0.15, 0.2) is 58.0 Å². The van der Waals surface area contributed by atoms with Crippen molar-refractivity contribution in [3.05, 3.63) is 58.0 Å². The van der Waals surface area contributed by atoms with E-state index in [9.17, 15) is 0 Å². The van der Waals surface area contributed by atoms with Crippen molar-refractivity contribution in [1.82, 2.24) is 4.98 Å². The molecule has 0 N–H and O–H groups in total. The third kappa shape index (κ3) is 4.29. The number of rotatable bonds is 6. The molecule has 1 aromatic carbocycles. The molecule has 1 aromatic heterocycles. The summed E-state index contributed by atoms with van der Waals surface area (Å²) < 4.78 is 17.9. The Kier molecular flexibility index (Phi) is 6.25. The number of hydrogen-bond donors (Lipinski definition) is 0. The van der Waals surface area contributed by atoms with Gasteiger partial charge in [-0.15, -0.1) is 0 Å². The first kappa shape index (κ1) is 18.3. The summed E-state index contributed by atoms with van der Waals surface area (Å²) in [4.78, 5) is 4.39. The largest absolute Gasteiger partial charge is 0.493 e. The molecule has 0 bridgehead atoms. The number of nitrogens with zero attached hydrogens (tertiary/aromatic N) is 1. The third-order valence-electron chi connectivity index (χ3n) is 3.29. The summed E-state index contributed by atoms with van der Waals surface area (Å²) in [7, 11) is 3.21. The standard InChI is InChI=1S/C19H20INO3/c1-12(2)6-7-16(13(3)20)24-17-8-9-21-15-11-19(23-5)18(22-4)10-14(15)17/h6-11H,1H2,2-5H3/b7-6-,16-13-. The number of fused-ring (bicyclic) bond motifs is 1. The van der Waals surface area contributed by atoms with Crippen LogP contribution in [-0.2, 0) is 0 Å². The number of pyridine rings is 1. The Hall–Kier alpha value is -2.02. The van der Waals surface area contributed by atoms with E-state index in [-0.39, 0.29) is 0 Å². The summed E-state index contributed by atoms with van der Waals surface area (Å²) in [5.74, 6) is 2.74. The molecule has 0 aliphatic carbocycles. The molecule has 0 saturated heterocycles. The molecular formula is C19H20INO3. The lowest BCUT2D eigenvalue weighted by Crippen LogP contribution is -1.97. The second-order valence-corrected chi connectivity index (χ2v) is 6.83. The van der Waals surface area contributed by atoms with Crippen LogP contribution in [0, 0.1) is 0 Å². The van der Waals surface area contributed by atoms with E-state index in [0.29, 0.717) is 17.2 Å². The van der Waals surface area contributed by atoms with Gasteiger partial charge < -0.3 is 14.2 Å². The van der Waals surface area contributed by atoms with E-state index in [2.05, 4.69) is 34.2 Å². The highest BCUT2D eigenvalue weighted by Crippen LogP contribution is 2.36. The fourth-order valence-electron chi connectivity index (χ4n) is 2.09. The molecule has 0 spiro atoms. The fraction of sp³-hybridized carbons (Fsp3) is 0.211. The molecule has 0 fully saturated rings. The molecule has 0 atom stereocenters. The van der Waals surface area contributed by atoms with Gasteiger partial charge in [-0.3, -0.25) is 4.98 Å². The van der Waals surface area contributed by atoms with Gasteiger partial charge in [0.2, 0.25) is 0 Å². The van der Waals surface area contributed by atoms with Crippen molar-refractivity contribution in [1.29, 1.82) is 0 Å². The molecular weight excluding hydrogens is 417 g/mol. The minimum absolute atomic E-state index is 0.636. The molecule has 1 heterocycles. The number of methoxy groups -OCH3 is 2. The molecule has 0 amide bonds. The van der Waals surface area contributed by atoms with Crippen LogP contribution in [0.2, 0.25) is 0 Å². The summed E-state index contributed by atoms with van der Waals surface area (Å²) in [6.07, 6.45) is 5.55. The zero-order valence-corrected chi connectivity index (χ0v) is 16.4. The summed E-state index contributed by atoms with van der Waals surface area (Å²) >= 11 is 2.24. The van der Waals surface area contributed by atoms with Crippen molar-refractivity contribution in [3.63, 3.8) is 0 Å². The topological polar surface area (TPSA) is 40.6 Å². The van der Waals surface area contributed by atoms with Gasteiger partial charge in [-0.2, -0.15) is 0 Å². The SMILES string of the molecule is C=C(C)/C=C\C(Oc1ccnc2cc(OC)c(OC)cc12)=C(/C)I. The van der Waals surface area contributed by atoms with Gasteiger partial charge in [-0.1, -0.05) is 18.2 Å². The van der Waals surface area contributed by atoms with Crippen molar-refractivity contribution < 1.29 is 14.2 Å². The number of hydrogen-bond acceptors (Lipinski definition) is 4. The van der Waals surface area contributed by atoms with Crippen LogP contribution in [0.1, 0.15) is 13.8 Å². The highest BCUT2D eigenvalue weighted by Gasteiger charge is 2.12. The lowest BCUT2D eigenvalue weighted by atomic mass is 10.2. The van der Waals surface area contributed by atoms with Crippen molar-refractivity contribution in [2.75, 3.05) is 14.2 Å². The molecule has 4 nitrogen and oxygen atoms in total. The smallest absolute Gasteiger partial charge is 0.162 e. The third-order valence-corrected chi connectivity index (χ3v) is 3.82. The molecule has 0 saturated carbocycles. The molecule has 2 rings (SSSR count). The lowest BCUT2D eigenvalue weighted by molar-refractivity contribution is 0.355. The molecule has 0 unspecified atom stereocenters. The van der Waals surface area contributed by atoms with E-state index < -0.39 is 0 Å².